The van der Waals surface area contributed by atoms with Gasteiger partial charge in [-0.25, -0.2) is 4.39 Å². The molecule has 1 amide bonds. The summed E-state index contributed by atoms with van der Waals surface area (Å²) in [4.78, 5) is 13.8. The van der Waals surface area contributed by atoms with Crippen molar-refractivity contribution in [3.63, 3.8) is 0 Å². The summed E-state index contributed by atoms with van der Waals surface area (Å²) in [5.74, 6) is -0.690. The largest absolute Gasteiger partial charge is 0.383 e. The Kier molecular flexibility index (Phi) is 6.01. The predicted octanol–water partition coefficient (Wildman–Crippen LogP) is 2.86. The lowest BCUT2D eigenvalue weighted by Gasteiger charge is -2.21. The summed E-state index contributed by atoms with van der Waals surface area (Å²) in [5, 5.41) is 0. The van der Waals surface area contributed by atoms with Crippen LogP contribution in [0.15, 0.2) is 35.3 Å². The summed E-state index contributed by atoms with van der Waals surface area (Å²) in [6, 6.07) is 4.04. The van der Waals surface area contributed by atoms with Crippen molar-refractivity contribution < 1.29 is 13.9 Å². The monoisotopic (exact) mass is 315 g/mol. The number of carbonyl (C=O) groups excluding carboxylic acids is 1. The van der Waals surface area contributed by atoms with Crippen molar-refractivity contribution >= 4 is 21.8 Å². The Bertz CT molecular complexity index is 437. The number of carbonyl (C=O) groups is 1. The average Bonchev–Trinajstić information content (AvgIpc) is 2.36. The molecule has 0 radical (unpaired) electrons. The van der Waals surface area contributed by atoms with Crippen molar-refractivity contribution in [1.82, 2.24) is 4.90 Å². The lowest BCUT2D eigenvalue weighted by Crippen LogP contribution is -2.34. The normalized spacial score (nSPS) is 10.2. The van der Waals surface area contributed by atoms with Gasteiger partial charge in [-0.3, -0.25) is 4.79 Å². The molecule has 0 aliphatic rings. The number of methoxy groups -OCH3 is 1. The van der Waals surface area contributed by atoms with E-state index in [2.05, 4.69) is 22.5 Å². The molecule has 0 saturated heterocycles. The zero-order valence-electron chi connectivity index (χ0n) is 10.2. The second kappa shape index (κ2) is 7.28. The van der Waals surface area contributed by atoms with E-state index in [-0.39, 0.29) is 5.91 Å². The highest BCUT2D eigenvalue weighted by molar-refractivity contribution is 9.10. The maximum atomic E-state index is 13.2. The number of halogens is 2. The lowest BCUT2D eigenvalue weighted by atomic mass is 10.2. The number of rotatable bonds is 6. The van der Waals surface area contributed by atoms with Gasteiger partial charge in [0.15, 0.2) is 0 Å². The molecule has 0 unspecified atom stereocenters. The van der Waals surface area contributed by atoms with Gasteiger partial charge in [0.2, 0.25) is 0 Å². The van der Waals surface area contributed by atoms with Crippen LogP contribution in [0.1, 0.15) is 10.4 Å². The highest BCUT2D eigenvalue weighted by Crippen LogP contribution is 2.19. The Balaban J connectivity index is 2.93. The molecule has 5 heteroatoms. The van der Waals surface area contributed by atoms with Gasteiger partial charge in [-0.2, -0.15) is 0 Å². The van der Waals surface area contributed by atoms with Crippen molar-refractivity contribution in [3.05, 3.63) is 46.7 Å². The molecule has 0 aliphatic heterocycles. The minimum Gasteiger partial charge on any atom is -0.383 e. The van der Waals surface area contributed by atoms with Crippen LogP contribution in [0, 0.1) is 5.82 Å². The average molecular weight is 316 g/mol. The number of benzene rings is 1. The van der Waals surface area contributed by atoms with Crippen LogP contribution in [-0.2, 0) is 4.74 Å². The molecule has 1 aromatic carbocycles. The van der Waals surface area contributed by atoms with Gasteiger partial charge < -0.3 is 9.64 Å². The molecule has 0 N–H and O–H groups in total. The van der Waals surface area contributed by atoms with Crippen LogP contribution >= 0.6 is 15.9 Å². The van der Waals surface area contributed by atoms with Crippen LogP contribution in [0.2, 0.25) is 0 Å². The van der Waals surface area contributed by atoms with Gasteiger partial charge >= 0.3 is 0 Å². The smallest absolute Gasteiger partial charge is 0.255 e. The number of nitrogens with zero attached hydrogens (tertiary/aromatic N) is 1. The van der Waals surface area contributed by atoms with E-state index in [1.165, 1.54) is 18.2 Å². The SMILES string of the molecule is C=CCN(CCOC)C(=O)c1cc(F)ccc1Br. The fourth-order valence-corrected chi connectivity index (χ4v) is 1.88. The molecule has 18 heavy (non-hydrogen) atoms. The van der Waals surface area contributed by atoms with Gasteiger partial charge in [-0.1, -0.05) is 6.08 Å². The fourth-order valence-electron chi connectivity index (χ4n) is 1.46. The third kappa shape index (κ3) is 3.92. The van der Waals surface area contributed by atoms with E-state index in [1.54, 1.807) is 18.1 Å². The van der Waals surface area contributed by atoms with Crippen LogP contribution in [0.3, 0.4) is 0 Å². The first-order chi connectivity index (χ1) is 8.60. The van der Waals surface area contributed by atoms with Crippen molar-refractivity contribution in [2.75, 3.05) is 26.8 Å². The molecular formula is C13H15BrFNO2. The standard InChI is InChI=1S/C13H15BrFNO2/c1-3-6-16(7-8-18-2)13(17)11-9-10(15)4-5-12(11)14/h3-5,9H,1,6-8H2,2H3. The summed E-state index contributed by atoms with van der Waals surface area (Å²) >= 11 is 3.25. The Morgan fingerprint density at radius 1 is 1.61 bits per heavy atom. The summed E-state index contributed by atoms with van der Waals surface area (Å²) in [5.41, 5.74) is 0.299. The van der Waals surface area contributed by atoms with Gasteiger partial charge in [0.1, 0.15) is 5.82 Å². The Morgan fingerprint density at radius 2 is 2.33 bits per heavy atom. The molecule has 0 saturated carbocycles. The van der Waals surface area contributed by atoms with E-state index in [4.69, 9.17) is 4.74 Å². The first-order valence-electron chi connectivity index (χ1n) is 5.44. The Hall–Kier alpha value is -1.20. The highest BCUT2D eigenvalue weighted by Gasteiger charge is 2.17. The van der Waals surface area contributed by atoms with Gasteiger partial charge in [0.25, 0.3) is 5.91 Å². The first kappa shape index (κ1) is 14.9. The maximum absolute atomic E-state index is 13.2. The van der Waals surface area contributed by atoms with E-state index >= 15 is 0 Å². The third-order valence-corrected chi connectivity index (χ3v) is 3.05. The second-order valence-electron chi connectivity index (χ2n) is 3.66. The predicted molar refractivity (Wildman–Crippen MR) is 72.1 cm³/mol. The van der Waals surface area contributed by atoms with Crippen LogP contribution in [0.4, 0.5) is 4.39 Å². The number of amides is 1. The molecule has 0 aliphatic carbocycles. The molecule has 0 heterocycles. The molecule has 0 fully saturated rings. The van der Waals surface area contributed by atoms with Crippen LogP contribution in [0.25, 0.3) is 0 Å². The quantitative estimate of drug-likeness (QED) is 0.755. The molecule has 1 rings (SSSR count). The molecule has 0 aromatic heterocycles. The number of ether oxygens (including phenoxy) is 1. The molecular weight excluding hydrogens is 301 g/mol. The second-order valence-corrected chi connectivity index (χ2v) is 4.51. The van der Waals surface area contributed by atoms with Gasteiger partial charge in [0.05, 0.1) is 12.2 Å². The van der Waals surface area contributed by atoms with Crippen LogP contribution in [-0.4, -0.2) is 37.6 Å². The van der Waals surface area contributed by atoms with Crippen LogP contribution in [0.5, 0.6) is 0 Å². The molecule has 0 spiro atoms. The van der Waals surface area contributed by atoms with Crippen molar-refractivity contribution in [3.8, 4) is 0 Å². The Labute approximate surface area is 114 Å². The van der Waals surface area contributed by atoms with E-state index in [0.29, 0.717) is 29.7 Å². The zero-order valence-corrected chi connectivity index (χ0v) is 11.7. The minimum atomic E-state index is -0.438. The fraction of sp³-hybridized carbons (Fsp3) is 0.308. The lowest BCUT2D eigenvalue weighted by molar-refractivity contribution is 0.0717. The third-order valence-electron chi connectivity index (χ3n) is 2.36. The first-order valence-corrected chi connectivity index (χ1v) is 6.23. The molecule has 0 atom stereocenters. The maximum Gasteiger partial charge on any atom is 0.255 e. The van der Waals surface area contributed by atoms with E-state index < -0.39 is 5.82 Å². The molecule has 0 bridgehead atoms. The van der Waals surface area contributed by atoms with Crippen molar-refractivity contribution in [1.29, 1.82) is 0 Å². The Morgan fingerprint density at radius 3 is 2.94 bits per heavy atom. The van der Waals surface area contributed by atoms with Gasteiger partial charge in [-0.15, -0.1) is 6.58 Å². The van der Waals surface area contributed by atoms with Gasteiger partial charge in [0, 0.05) is 24.7 Å². The van der Waals surface area contributed by atoms with E-state index in [0.717, 1.165) is 0 Å². The molecule has 1 aromatic rings. The zero-order chi connectivity index (χ0) is 13.5. The van der Waals surface area contributed by atoms with Crippen LogP contribution < -0.4 is 0 Å². The highest BCUT2D eigenvalue weighted by atomic mass is 79.9. The summed E-state index contributed by atoms with van der Waals surface area (Å²) in [6.45, 7) is 4.86. The van der Waals surface area contributed by atoms with Gasteiger partial charge in [-0.05, 0) is 34.1 Å². The minimum absolute atomic E-state index is 0.252. The van der Waals surface area contributed by atoms with E-state index in [1.807, 2.05) is 0 Å². The number of hydrogen-bond acceptors (Lipinski definition) is 2. The topological polar surface area (TPSA) is 29.5 Å². The molecule has 3 nitrogen and oxygen atoms in total. The number of hydrogen-bond donors (Lipinski definition) is 0. The van der Waals surface area contributed by atoms with E-state index in [9.17, 15) is 9.18 Å². The molecule has 98 valence electrons. The summed E-state index contributed by atoms with van der Waals surface area (Å²) < 4.78 is 18.7. The summed E-state index contributed by atoms with van der Waals surface area (Å²) in [6.07, 6.45) is 1.63. The van der Waals surface area contributed by atoms with Crippen molar-refractivity contribution in [2.45, 2.75) is 0 Å². The van der Waals surface area contributed by atoms with Crippen molar-refractivity contribution in [2.24, 2.45) is 0 Å². The summed E-state index contributed by atoms with van der Waals surface area (Å²) in [7, 11) is 1.56.